The number of nitrogens with one attached hydrogen (secondary N) is 1. The first-order valence-corrected chi connectivity index (χ1v) is 8.29. The molecule has 0 aliphatic heterocycles. The molecular formula is C17H14N2O3S. The Morgan fingerprint density at radius 3 is 2.96 bits per heavy atom. The van der Waals surface area contributed by atoms with E-state index in [1.54, 1.807) is 12.1 Å². The Kier molecular flexibility index (Phi) is 3.27. The zero-order valence-corrected chi connectivity index (χ0v) is 13.3. The van der Waals surface area contributed by atoms with Gasteiger partial charge >= 0.3 is 5.63 Å². The number of benzene rings is 1. The number of aryl methyl sites for hydroxylation is 1. The van der Waals surface area contributed by atoms with Gasteiger partial charge in [-0.05, 0) is 37.3 Å². The number of nitrogens with zero attached hydrogens (tertiary/aromatic N) is 1. The molecule has 1 aromatic carbocycles. The predicted molar refractivity (Wildman–Crippen MR) is 89.3 cm³/mol. The third-order valence-corrected chi connectivity index (χ3v) is 4.66. The van der Waals surface area contributed by atoms with Gasteiger partial charge in [0.25, 0.3) is 5.91 Å². The van der Waals surface area contributed by atoms with E-state index < -0.39 is 11.5 Å². The molecule has 2 aromatic heterocycles. The summed E-state index contributed by atoms with van der Waals surface area (Å²) in [5, 5.41) is 6.36. The Balaban J connectivity index is 1.63. The van der Waals surface area contributed by atoms with E-state index in [0.29, 0.717) is 21.8 Å². The van der Waals surface area contributed by atoms with Gasteiger partial charge in [-0.15, -0.1) is 11.3 Å². The number of hydrogen-bond acceptors (Lipinski definition) is 5. The Bertz CT molecular complexity index is 969. The van der Waals surface area contributed by atoms with Crippen LogP contribution in [0.5, 0.6) is 0 Å². The number of amides is 1. The van der Waals surface area contributed by atoms with Crippen molar-refractivity contribution >= 4 is 33.1 Å². The van der Waals surface area contributed by atoms with Crippen LogP contribution < -0.4 is 10.9 Å². The quantitative estimate of drug-likeness (QED) is 0.797. The number of anilines is 1. The lowest BCUT2D eigenvalue weighted by Gasteiger charge is -2.03. The van der Waals surface area contributed by atoms with Crippen LogP contribution in [0.4, 0.5) is 5.13 Å². The van der Waals surface area contributed by atoms with Gasteiger partial charge in [0.1, 0.15) is 0 Å². The summed E-state index contributed by atoms with van der Waals surface area (Å²) in [6.45, 7) is 1.90. The molecule has 1 N–H and O–H groups in total. The molecule has 1 saturated carbocycles. The summed E-state index contributed by atoms with van der Waals surface area (Å²) in [5.41, 5.74) is 1.49. The van der Waals surface area contributed by atoms with Crippen LogP contribution in [0.15, 0.2) is 38.9 Å². The number of aromatic nitrogens is 1. The van der Waals surface area contributed by atoms with Crippen LogP contribution in [0.25, 0.3) is 10.8 Å². The highest BCUT2D eigenvalue weighted by Crippen LogP contribution is 2.40. The predicted octanol–water partition coefficient (Wildman–Crippen LogP) is 3.69. The van der Waals surface area contributed by atoms with Gasteiger partial charge in [0, 0.05) is 11.3 Å². The number of hydrogen-bond donors (Lipinski definition) is 1. The van der Waals surface area contributed by atoms with Crippen molar-refractivity contribution in [2.24, 2.45) is 0 Å². The number of thiazole rings is 1. The summed E-state index contributed by atoms with van der Waals surface area (Å²) in [5.74, 6) is 0.0783. The normalized spacial score (nSPS) is 14.1. The lowest BCUT2D eigenvalue weighted by Crippen LogP contribution is -2.15. The molecule has 0 radical (unpaired) electrons. The van der Waals surface area contributed by atoms with Gasteiger partial charge in [0.15, 0.2) is 10.9 Å². The lowest BCUT2D eigenvalue weighted by atomic mass is 10.1. The first kappa shape index (κ1) is 14.1. The maximum atomic E-state index is 12.3. The van der Waals surface area contributed by atoms with E-state index in [1.807, 2.05) is 24.4 Å². The fourth-order valence-electron chi connectivity index (χ4n) is 2.48. The van der Waals surface area contributed by atoms with E-state index in [-0.39, 0.29) is 5.76 Å². The van der Waals surface area contributed by atoms with Crippen LogP contribution in [-0.2, 0) is 0 Å². The van der Waals surface area contributed by atoms with Crippen LogP contribution in [0.2, 0.25) is 0 Å². The van der Waals surface area contributed by atoms with Crippen LogP contribution in [0.3, 0.4) is 0 Å². The monoisotopic (exact) mass is 326 g/mol. The van der Waals surface area contributed by atoms with E-state index in [9.17, 15) is 9.59 Å². The number of carbonyl (C=O) groups excluding carboxylic acids is 1. The van der Waals surface area contributed by atoms with Crippen molar-refractivity contribution in [2.45, 2.75) is 25.7 Å². The molecule has 1 amide bonds. The summed E-state index contributed by atoms with van der Waals surface area (Å²) in [7, 11) is 0. The van der Waals surface area contributed by atoms with E-state index in [4.69, 9.17) is 4.42 Å². The second kappa shape index (κ2) is 5.31. The topological polar surface area (TPSA) is 72.2 Å². The average Bonchev–Trinajstić information content (AvgIpc) is 3.28. The first-order chi connectivity index (χ1) is 11.1. The van der Waals surface area contributed by atoms with E-state index in [1.165, 1.54) is 11.3 Å². The molecule has 1 aliphatic rings. The highest BCUT2D eigenvalue weighted by atomic mass is 32.1. The van der Waals surface area contributed by atoms with Crippen molar-refractivity contribution in [1.82, 2.24) is 4.98 Å². The molecule has 3 aromatic rings. The molecule has 0 unspecified atom stereocenters. The largest absolute Gasteiger partial charge is 0.417 e. The first-order valence-electron chi connectivity index (χ1n) is 7.41. The molecule has 23 heavy (non-hydrogen) atoms. The van der Waals surface area contributed by atoms with E-state index in [0.717, 1.165) is 24.1 Å². The van der Waals surface area contributed by atoms with Crippen molar-refractivity contribution in [3.8, 4) is 0 Å². The molecule has 6 heteroatoms. The molecule has 0 spiro atoms. The molecule has 1 aliphatic carbocycles. The Hall–Kier alpha value is -2.47. The second-order valence-electron chi connectivity index (χ2n) is 5.79. The fourth-order valence-corrected chi connectivity index (χ4v) is 3.27. The maximum absolute atomic E-state index is 12.3. The molecule has 0 saturated heterocycles. The SMILES string of the molecule is Cc1ccc2cc(C(=O)Nc3nc(C4CC4)cs3)oc(=O)c2c1. The van der Waals surface area contributed by atoms with Crippen LogP contribution >= 0.6 is 11.3 Å². The lowest BCUT2D eigenvalue weighted by molar-refractivity contribution is 0.0993. The van der Waals surface area contributed by atoms with Crippen molar-refractivity contribution in [3.05, 3.63) is 57.1 Å². The molecule has 2 heterocycles. The summed E-state index contributed by atoms with van der Waals surface area (Å²) < 4.78 is 5.16. The Morgan fingerprint density at radius 2 is 2.17 bits per heavy atom. The Labute approximate surface area is 136 Å². The minimum Gasteiger partial charge on any atom is -0.417 e. The summed E-state index contributed by atoms with van der Waals surface area (Å²) >= 11 is 1.39. The molecule has 0 atom stereocenters. The fraction of sp³-hybridized carbons (Fsp3) is 0.235. The van der Waals surface area contributed by atoms with E-state index in [2.05, 4.69) is 10.3 Å². The third-order valence-electron chi connectivity index (χ3n) is 3.88. The third kappa shape index (κ3) is 2.77. The average molecular weight is 326 g/mol. The highest BCUT2D eigenvalue weighted by molar-refractivity contribution is 7.14. The van der Waals surface area contributed by atoms with Gasteiger partial charge in [-0.2, -0.15) is 0 Å². The van der Waals surface area contributed by atoms with Crippen molar-refractivity contribution in [3.63, 3.8) is 0 Å². The molecule has 4 rings (SSSR count). The number of rotatable bonds is 3. The van der Waals surface area contributed by atoms with Gasteiger partial charge in [0.2, 0.25) is 0 Å². The van der Waals surface area contributed by atoms with Crippen LogP contribution in [0, 0.1) is 6.92 Å². The minimum atomic E-state index is -0.505. The minimum absolute atomic E-state index is 0.00507. The van der Waals surface area contributed by atoms with Gasteiger partial charge in [-0.1, -0.05) is 17.7 Å². The van der Waals surface area contributed by atoms with Crippen LogP contribution in [-0.4, -0.2) is 10.9 Å². The van der Waals surface area contributed by atoms with Crippen molar-refractivity contribution < 1.29 is 9.21 Å². The summed E-state index contributed by atoms with van der Waals surface area (Å²) in [6, 6.07) is 7.05. The van der Waals surface area contributed by atoms with Crippen molar-refractivity contribution in [2.75, 3.05) is 5.32 Å². The standard InChI is InChI=1S/C17H14N2O3S/c1-9-2-3-11-7-14(22-16(21)12(11)6-9)15(20)19-17-18-13(8-23-17)10-4-5-10/h2-3,6-8,10H,4-5H2,1H3,(H,18,19,20). The van der Waals surface area contributed by atoms with Gasteiger partial charge in [0.05, 0.1) is 11.1 Å². The molecular weight excluding hydrogens is 312 g/mol. The number of fused-ring (bicyclic) bond motifs is 1. The maximum Gasteiger partial charge on any atom is 0.344 e. The zero-order chi connectivity index (χ0) is 16.0. The van der Waals surface area contributed by atoms with Gasteiger partial charge in [-0.3, -0.25) is 10.1 Å². The van der Waals surface area contributed by atoms with Crippen molar-refractivity contribution in [1.29, 1.82) is 0 Å². The summed E-state index contributed by atoms with van der Waals surface area (Å²) in [6.07, 6.45) is 2.33. The highest BCUT2D eigenvalue weighted by Gasteiger charge is 2.26. The molecule has 1 fully saturated rings. The van der Waals surface area contributed by atoms with Crippen LogP contribution in [0.1, 0.15) is 40.6 Å². The van der Waals surface area contributed by atoms with Gasteiger partial charge in [-0.25, -0.2) is 9.78 Å². The smallest absolute Gasteiger partial charge is 0.344 e. The summed E-state index contributed by atoms with van der Waals surface area (Å²) in [4.78, 5) is 28.7. The Morgan fingerprint density at radius 1 is 1.35 bits per heavy atom. The second-order valence-corrected chi connectivity index (χ2v) is 6.65. The molecule has 116 valence electrons. The number of carbonyl (C=O) groups is 1. The zero-order valence-electron chi connectivity index (χ0n) is 12.5. The molecule has 5 nitrogen and oxygen atoms in total. The van der Waals surface area contributed by atoms with E-state index >= 15 is 0 Å². The van der Waals surface area contributed by atoms with Gasteiger partial charge < -0.3 is 4.42 Å². The molecule has 0 bridgehead atoms.